The van der Waals surface area contributed by atoms with Gasteiger partial charge in [-0.1, -0.05) is 31.4 Å². The van der Waals surface area contributed by atoms with Gasteiger partial charge in [-0.15, -0.1) is 24.0 Å². The summed E-state index contributed by atoms with van der Waals surface area (Å²) in [6, 6.07) is 0.682. The molecule has 0 aromatic heterocycles. The van der Waals surface area contributed by atoms with Crippen molar-refractivity contribution >= 4 is 41.7 Å². The van der Waals surface area contributed by atoms with E-state index in [4.69, 9.17) is 0 Å². The van der Waals surface area contributed by atoms with E-state index in [1.54, 1.807) is 0 Å². The second-order valence-electron chi connectivity index (χ2n) is 8.60. The second-order valence-corrected chi connectivity index (χ2v) is 9.82. The lowest BCUT2D eigenvalue weighted by atomic mass is 9.80. The fourth-order valence-electron chi connectivity index (χ4n) is 5.45. The molecule has 0 spiro atoms. The highest BCUT2D eigenvalue weighted by molar-refractivity contribution is 14.0. The normalized spacial score (nSPS) is 29.1. The van der Waals surface area contributed by atoms with Crippen molar-refractivity contribution < 1.29 is 0 Å². The van der Waals surface area contributed by atoms with E-state index in [0.29, 0.717) is 11.6 Å². The van der Waals surface area contributed by atoms with Crippen LogP contribution in [0.15, 0.2) is 17.1 Å². The van der Waals surface area contributed by atoms with E-state index < -0.39 is 0 Å². The summed E-state index contributed by atoms with van der Waals surface area (Å²) in [4.78, 5) is 12.6. The van der Waals surface area contributed by atoms with Crippen LogP contribution in [0.25, 0.3) is 0 Å². The predicted octanol–water partition coefficient (Wildman–Crippen LogP) is 2.88. The van der Waals surface area contributed by atoms with Gasteiger partial charge in [0.25, 0.3) is 0 Å². The van der Waals surface area contributed by atoms with Crippen LogP contribution in [0.5, 0.6) is 0 Å². The molecule has 1 atom stereocenters. The Bertz CT molecular complexity index is 535. The van der Waals surface area contributed by atoms with Crippen LogP contribution >= 0.6 is 35.7 Å². The molecule has 3 aliphatic heterocycles. The number of nitrogens with zero attached hydrogens (tertiary/aromatic N) is 4. The van der Waals surface area contributed by atoms with Crippen molar-refractivity contribution in [2.45, 2.75) is 50.1 Å². The van der Waals surface area contributed by atoms with Crippen molar-refractivity contribution in [1.82, 2.24) is 20.0 Å². The van der Waals surface area contributed by atoms with E-state index in [2.05, 4.69) is 48.9 Å². The monoisotopic (exact) mass is 519 g/mol. The molecule has 28 heavy (non-hydrogen) atoms. The van der Waals surface area contributed by atoms with E-state index in [9.17, 15) is 0 Å². The summed E-state index contributed by atoms with van der Waals surface area (Å²) < 4.78 is 0. The van der Waals surface area contributed by atoms with E-state index in [-0.39, 0.29) is 24.0 Å². The zero-order valence-corrected chi connectivity index (χ0v) is 20.6. The van der Waals surface area contributed by atoms with E-state index in [0.717, 1.165) is 38.7 Å². The molecule has 4 aliphatic rings. The lowest BCUT2D eigenvalue weighted by molar-refractivity contribution is 0.0621. The minimum Gasteiger partial charge on any atom is -0.354 e. The zero-order valence-electron chi connectivity index (χ0n) is 17.4. The molecule has 3 heterocycles. The van der Waals surface area contributed by atoms with Gasteiger partial charge in [-0.05, 0) is 19.3 Å². The average molecular weight is 520 g/mol. The molecule has 0 bridgehead atoms. The van der Waals surface area contributed by atoms with Gasteiger partial charge >= 0.3 is 0 Å². The summed E-state index contributed by atoms with van der Waals surface area (Å²) in [5, 5.41) is 3.82. The maximum absolute atomic E-state index is 4.67. The molecule has 0 amide bonds. The summed E-state index contributed by atoms with van der Waals surface area (Å²) in [6.45, 7) is 8.10. The van der Waals surface area contributed by atoms with Gasteiger partial charge in [-0.2, -0.15) is 11.8 Å². The predicted molar refractivity (Wildman–Crippen MR) is 132 cm³/mol. The Morgan fingerprint density at radius 2 is 1.82 bits per heavy atom. The number of guanidine groups is 1. The molecule has 1 saturated carbocycles. The number of rotatable bonds is 4. The summed E-state index contributed by atoms with van der Waals surface area (Å²) in [5.74, 6) is 3.73. The van der Waals surface area contributed by atoms with E-state index in [1.165, 1.54) is 63.1 Å². The van der Waals surface area contributed by atoms with Crippen LogP contribution in [-0.4, -0.2) is 96.6 Å². The van der Waals surface area contributed by atoms with Crippen LogP contribution < -0.4 is 5.32 Å². The quantitative estimate of drug-likeness (QED) is 0.268. The number of halogens is 1. The van der Waals surface area contributed by atoms with Gasteiger partial charge in [0.05, 0.1) is 0 Å². The molecular weight excluding hydrogens is 481 g/mol. The van der Waals surface area contributed by atoms with Crippen LogP contribution in [-0.2, 0) is 0 Å². The highest BCUT2D eigenvalue weighted by Crippen LogP contribution is 2.35. The third-order valence-electron chi connectivity index (χ3n) is 7.08. The largest absolute Gasteiger partial charge is 0.354 e. The first-order valence-electron chi connectivity index (χ1n) is 11.0. The molecule has 0 aromatic carbocycles. The van der Waals surface area contributed by atoms with Crippen LogP contribution in [0.2, 0.25) is 0 Å². The smallest absolute Gasteiger partial charge is 0.193 e. The molecule has 7 heteroatoms. The Labute approximate surface area is 192 Å². The van der Waals surface area contributed by atoms with Gasteiger partial charge in [0.15, 0.2) is 5.96 Å². The Balaban J connectivity index is 0.00000225. The first-order valence-corrected chi connectivity index (χ1v) is 12.1. The number of hydrogen-bond donors (Lipinski definition) is 1. The topological polar surface area (TPSA) is 34.1 Å². The fraction of sp³-hybridized carbons (Fsp3) is 0.857. The van der Waals surface area contributed by atoms with Crippen molar-refractivity contribution in [1.29, 1.82) is 0 Å². The van der Waals surface area contributed by atoms with Gasteiger partial charge < -0.3 is 10.2 Å². The Kier molecular flexibility index (Phi) is 8.80. The molecular formula is C21H38IN5S. The minimum absolute atomic E-state index is 0. The molecule has 1 unspecified atom stereocenters. The van der Waals surface area contributed by atoms with Gasteiger partial charge in [0, 0.05) is 75.9 Å². The van der Waals surface area contributed by atoms with Gasteiger partial charge in [-0.25, -0.2) is 0 Å². The second kappa shape index (κ2) is 10.9. The number of likely N-dealkylation sites (tertiary alicyclic amines) is 1. The maximum atomic E-state index is 4.67. The highest BCUT2D eigenvalue weighted by atomic mass is 127. The van der Waals surface area contributed by atoms with Crippen molar-refractivity contribution in [3.05, 3.63) is 12.2 Å². The standard InChI is InChI=1S/C21H37N5S.HI/c1-22-20(25-12-7-19(17-25)24-10-5-6-11-24)23-18-21(8-3-2-4-9-21)26-13-15-27-16-14-26;/h5-6,19H,2-4,7-18H2,1H3,(H,22,23);1H. The lowest BCUT2D eigenvalue weighted by Gasteiger charge is -2.48. The molecule has 5 nitrogen and oxygen atoms in total. The summed E-state index contributed by atoms with van der Waals surface area (Å²) in [6.07, 6.45) is 12.8. The number of thioether (sulfide) groups is 1. The van der Waals surface area contributed by atoms with Crippen molar-refractivity contribution in [3.63, 3.8) is 0 Å². The van der Waals surface area contributed by atoms with Crippen LogP contribution in [0.1, 0.15) is 38.5 Å². The van der Waals surface area contributed by atoms with Gasteiger partial charge in [0.2, 0.25) is 0 Å². The third-order valence-corrected chi connectivity index (χ3v) is 8.02. The molecule has 3 fully saturated rings. The molecule has 4 rings (SSSR count). The Hall–Kier alpha value is 0.01000. The summed E-state index contributed by atoms with van der Waals surface area (Å²) in [5.41, 5.74) is 0.354. The van der Waals surface area contributed by atoms with Crippen LogP contribution in [0.3, 0.4) is 0 Å². The number of aliphatic imine (C=N–C) groups is 1. The van der Waals surface area contributed by atoms with Gasteiger partial charge in [0.1, 0.15) is 0 Å². The van der Waals surface area contributed by atoms with E-state index in [1.807, 2.05) is 7.05 Å². The summed E-state index contributed by atoms with van der Waals surface area (Å²) in [7, 11) is 1.96. The highest BCUT2D eigenvalue weighted by Gasteiger charge is 2.39. The molecule has 0 radical (unpaired) electrons. The molecule has 1 aliphatic carbocycles. The van der Waals surface area contributed by atoms with E-state index >= 15 is 0 Å². The Morgan fingerprint density at radius 3 is 2.50 bits per heavy atom. The molecule has 0 aromatic rings. The Morgan fingerprint density at radius 1 is 1.11 bits per heavy atom. The zero-order chi connectivity index (χ0) is 18.5. The minimum atomic E-state index is 0. The molecule has 1 N–H and O–H groups in total. The summed E-state index contributed by atoms with van der Waals surface area (Å²) >= 11 is 2.12. The third kappa shape index (κ3) is 5.19. The molecule has 2 saturated heterocycles. The number of nitrogens with one attached hydrogen (secondary N) is 1. The average Bonchev–Trinajstić information content (AvgIpc) is 3.42. The first-order chi connectivity index (χ1) is 13.3. The lowest BCUT2D eigenvalue weighted by Crippen LogP contribution is -2.60. The number of hydrogen-bond acceptors (Lipinski definition) is 4. The SMILES string of the molecule is CN=C(NCC1(N2CCSCC2)CCCCC1)N1CCC(N2CC=CC2)C1.I. The maximum Gasteiger partial charge on any atom is 0.193 e. The van der Waals surface area contributed by atoms with Crippen LogP contribution in [0, 0.1) is 0 Å². The first kappa shape index (κ1) is 22.7. The molecule has 160 valence electrons. The van der Waals surface area contributed by atoms with Gasteiger partial charge in [-0.3, -0.25) is 14.8 Å². The van der Waals surface area contributed by atoms with Crippen LogP contribution in [0.4, 0.5) is 0 Å². The van der Waals surface area contributed by atoms with Crippen molar-refractivity contribution in [2.75, 3.05) is 64.4 Å². The van der Waals surface area contributed by atoms with Crippen molar-refractivity contribution in [3.8, 4) is 0 Å². The van der Waals surface area contributed by atoms with Crippen molar-refractivity contribution in [2.24, 2.45) is 4.99 Å². The fourth-order valence-corrected chi connectivity index (χ4v) is 6.36.